The predicted octanol–water partition coefficient (Wildman–Crippen LogP) is 2.29. The summed E-state index contributed by atoms with van der Waals surface area (Å²) in [4.78, 5) is 0. The van der Waals surface area contributed by atoms with Gasteiger partial charge in [-0.2, -0.15) is 0 Å². The first-order chi connectivity index (χ1) is 4.13. The lowest BCUT2D eigenvalue weighted by Gasteiger charge is -2.23. The molecule has 1 rings (SSSR count). The number of rotatable bonds is 0. The SMILES string of the molecule is [CH2]C1C=CC=CC1(C)F. The van der Waals surface area contributed by atoms with Gasteiger partial charge in [-0.1, -0.05) is 18.2 Å². The van der Waals surface area contributed by atoms with Crippen molar-refractivity contribution in [2.45, 2.75) is 12.6 Å². The molecule has 0 N–H and O–H groups in total. The van der Waals surface area contributed by atoms with Crippen molar-refractivity contribution >= 4 is 0 Å². The highest BCUT2D eigenvalue weighted by Gasteiger charge is 2.26. The van der Waals surface area contributed by atoms with E-state index >= 15 is 0 Å². The third kappa shape index (κ3) is 1.21. The van der Waals surface area contributed by atoms with Crippen LogP contribution < -0.4 is 0 Å². The first-order valence-electron chi connectivity index (χ1n) is 3.01. The molecule has 1 heteroatoms. The molecule has 1 radical (unpaired) electrons. The first-order valence-corrected chi connectivity index (χ1v) is 3.01. The van der Waals surface area contributed by atoms with Gasteiger partial charge in [-0.3, -0.25) is 0 Å². The van der Waals surface area contributed by atoms with E-state index in [9.17, 15) is 4.39 Å². The highest BCUT2D eigenvalue weighted by atomic mass is 19.1. The van der Waals surface area contributed by atoms with Crippen LogP contribution in [-0.2, 0) is 0 Å². The monoisotopic (exact) mass is 125 g/mol. The van der Waals surface area contributed by atoms with Gasteiger partial charge >= 0.3 is 0 Å². The number of hydrogen-bond acceptors (Lipinski definition) is 0. The van der Waals surface area contributed by atoms with E-state index in [-0.39, 0.29) is 5.92 Å². The lowest BCUT2D eigenvalue weighted by Crippen LogP contribution is -2.24. The molecule has 0 aliphatic heterocycles. The Hall–Kier alpha value is -0.590. The molecule has 9 heavy (non-hydrogen) atoms. The maximum absolute atomic E-state index is 13.1. The molecule has 0 amide bonds. The third-order valence-corrected chi connectivity index (χ3v) is 1.60. The van der Waals surface area contributed by atoms with Gasteiger partial charge in [0, 0.05) is 5.92 Å². The van der Waals surface area contributed by atoms with Crippen molar-refractivity contribution in [1.29, 1.82) is 0 Å². The number of alkyl halides is 1. The zero-order chi connectivity index (χ0) is 6.91. The van der Waals surface area contributed by atoms with E-state index in [2.05, 4.69) is 6.92 Å². The number of halogens is 1. The minimum absolute atomic E-state index is 0.234. The van der Waals surface area contributed by atoms with Gasteiger partial charge in [-0.05, 0) is 19.9 Å². The van der Waals surface area contributed by atoms with Gasteiger partial charge in [0.2, 0.25) is 0 Å². The molecular weight excluding hydrogens is 115 g/mol. The number of hydrogen-bond donors (Lipinski definition) is 0. The molecule has 0 aromatic rings. The maximum Gasteiger partial charge on any atom is 0.132 e. The Morgan fingerprint density at radius 1 is 1.56 bits per heavy atom. The molecule has 0 aromatic carbocycles. The third-order valence-electron chi connectivity index (χ3n) is 1.60. The standard InChI is InChI=1S/C8H10F/c1-7-5-3-4-6-8(7,2)9/h3-7H,1H2,2H3. The Balaban J connectivity index is 2.78. The minimum atomic E-state index is -1.24. The summed E-state index contributed by atoms with van der Waals surface area (Å²) in [6, 6.07) is 0. The van der Waals surface area contributed by atoms with Crippen LogP contribution in [-0.4, -0.2) is 5.67 Å². The van der Waals surface area contributed by atoms with E-state index in [0.29, 0.717) is 0 Å². The summed E-state index contributed by atoms with van der Waals surface area (Å²) < 4.78 is 13.1. The molecule has 0 nitrogen and oxygen atoms in total. The van der Waals surface area contributed by atoms with Crippen LogP contribution in [0, 0.1) is 12.8 Å². The van der Waals surface area contributed by atoms with Gasteiger partial charge in [0.1, 0.15) is 5.67 Å². The van der Waals surface area contributed by atoms with Crippen molar-refractivity contribution < 1.29 is 4.39 Å². The molecule has 2 atom stereocenters. The van der Waals surface area contributed by atoms with Crippen LogP contribution >= 0.6 is 0 Å². The van der Waals surface area contributed by atoms with Gasteiger partial charge in [0.05, 0.1) is 0 Å². The summed E-state index contributed by atoms with van der Waals surface area (Å²) >= 11 is 0. The van der Waals surface area contributed by atoms with E-state index in [0.717, 1.165) is 0 Å². The molecule has 0 fully saturated rings. The van der Waals surface area contributed by atoms with Crippen LogP contribution in [0.1, 0.15) is 6.92 Å². The lowest BCUT2D eigenvalue weighted by atomic mass is 9.89. The van der Waals surface area contributed by atoms with Crippen molar-refractivity contribution in [3.8, 4) is 0 Å². The maximum atomic E-state index is 13.1. The summed E-state index contributed by atoms with van der Waals surface area (Å²) in [6.07, 6.45) is 6.82. The Morgan fingerprint density at radius 2 is 2.22 bits per heavy atom. The van der Waals surface area contributed by atoms with Crippen LogP contribution in [0.4, 0.5) is 4.39 Å². The summed E-state index contributed by atoms with van der Waals surface area (Å²) in [5, 5.41) is 0. The van der Waals surface area contributed by atoms with Crippen LogP contribution in [0.2, 0.25) is 0 Å². The molecule has 0 saturated carbocycles. The van der Waals surface area contributed by atoms with Crippen LogP contribution in [0.25, 0.3) is 0 Å². The van der Waals surface area contributed by atoms with E-state index < -0.39 is 5.67 Å². The zero-order valence-corrected chi connectivity index (χ0v) is 5.47. The summed E-state index contributed by atoms with van der Waals surface area (Å²) in [5.74, 6) is -0.234. The van der Waals surface area contributed by atoms with Gasteiger partial charge in [0.25, 0.3) is 0 Å². The Kier molecular flexibility index (Phi) is 1.43. The quantitative estimate of drug-likeness (QED) is 0.466. The summed E-state index contributed by atoms with van der Waals surface area (Å²) in [5.41, 5.74) is -1.24. The fourth-order valence-corrected chi connectivity index (χ4v) is 0.754. The van der Waals surface area contributed by atoms with Crippen molar-refractivity contribution in [3.63, 3.8) is 0 Å². The molecule has 0 heterocycles. The highest BCUT2D eigenvalue weighted by Crippen LogP contribution is 2.26. The average molecular weight is 125 g/mol. The van der Waals surface area contributed by atoms with Crippen molar-refractivity contribution in [2.75, 3.05) is 0 Å². The fourth-order valence-electron chi connectivity index (χ4n) is 0.754. The molecule has 49 valence electrons. The second-order valence-corrected chi connectivity index (χ2v) is 2.50. The predicted molar refractivity (Wildman–Crippen MR) is 36.6 cm³/mol. The van der Waals surface area contributed by atoms with Crippen LogP contribution in [0.5, 0.6) is 0 Å². The lowest BCUT2D eigenvalue weighted by molar-refractivity contribution is 0.215. The topological polar surface area (TPSA) is 0 Å². The summed E-state index contributed by atoms with van der Waals surface area (Å²) in [6.45, 7) is 5.17. The molecule has 0 spiro atoms. The van der Waals surface area contributed by atoms with Crippen molar-refractivity contribution in [1.82, 2.24) is 0 Å². The molecular formula is C8H10F. The fraction of sp³-hybridized carbons (Fsp3) is 0.375. The van der Waals surface area contributed by atoms with Gasteiger partial charge in [-0.15, -0.1) is 0 Å². The summed E-state index contributed by atoms with van der Waals surface area (Å²) in [7, 11) is 0. The minimum Gasteiger partial charge on any atom is -0.239 e. The Morgan fingerprint density at radius 3 is 2.56 bits per heavy atom. The van der Waals surface area contributed by atoms with Gasteiger partial charge in [-0.25, -0.2) is 4.39 Å². The smallest absolute Gasteiger partial charge is 0.132 e. The van der Waals surface area contributed by atoms with Gasteiger partial charge in [0.15, 0.2) is 0 Å². The largest absolute Gasteiger partial charge is 0.239 e. The molecule has 2 unspecified atom stereocenters. The molecule has 0 aromatic heterocycles. The van der Waals surface area contributed by atoms with Gasteiger partial charge < -0.3 is 0 Å². The van der Waals surface area contributed by atoms with E-state index in [1.54, 1.807) is 12.2 Å². The number of allylic oxidation sites excluding steroid dienone is 4. The normalized spacial score (nSPS) is 41.4. The first kappa shape index (κ1) is 6.53. The zero-order valence-electron chi connectivity index (χ0n) is 5.47. The highest BCUT2D eigenvalue weighted by molar-refractivity contribution is 5.21. The van der Waals surface area contributed by atoms with E-state index in [4.69, 9.17) is 0 Å². The molecule has 1 aliphatic carbocycles. The van der Waals surface area contributed by atoms with Crippen LogP contribution in [0.3, 0.4) is 0 Å². The van der Waals surface area contributed by atoms with E-state index in [1.807, 2.05) is 6.08 Å². The average Bonchev–Trinajstić information content (AvgIpc) is 1.77. The Bertz CT molecular complexity index is 154. The molecule has 1 aliphatic rings. The van der Waals surface area contributed by atoms with Crippen molar-refractivity contribution in [2.24, 2.45) is 5.92 Å². The van der Waals surface area contributed by atoms with Crippen LogP contribution in [0.15, 0.2) is 24.3 Å². The molecule has 0 bridgehead atoms. The molecule has 0 saturated heterocycles. The van der Waals surface area contributed by atoms with Crippen molar-refractivity contribution in [3.05, 3.63) is 31.2 Å². The second-order valence-electron chi connectivity index (χ2n) is 2.50. The second kappa shape index (κ2) is 1.98. The Labute approximate surface area is 55.1 Å². The van der Waals surface area contributed by atoms with E-state index in [1.165, 1.54) is 13.0 Å².